The maximum absolute atomic E-state index is 5.68. The van der Waals surface area contributed by atoms with Crippen LogP contribution in [0.5, 0.6) is 11.5 Å². The quantitative estimate of drug-likeness (QED) is 0.263. The predicted octanol–water partition coefficient (Wildman–Crippen LogP) is 6.42. The van der Waals surface area contributed by atoms with Crippen molar-refractivity contribution in [3.05, 3.63) is 102 Å². The molecule has 0 unspecified atom stereocenters. The zero-order valence-electron chi connectivity index (χ0n) is 20.1. The Kier molecular flexibility index (Phi) is 6.35. The third-order valence-corrected chi connectivity index (χ3v) is 5.92. The van der Waals surface area contributed by atoms with Crippen molar-refractivity contribution in [3.63, 3.8) is 0 Å². The van der Waals surface area contributed by atoms with Crippen LogP contribution >= 0.6 is 0 Å². The molecule has 0 aliphatic rings. The van der Waals surface area contributed by atoms with Crippen LogP contribution in [0.1, 0.15) is 16.9 Å². The van der Waals surface area contributed by atoms with Crippen LogP contribution in [0.4, 0.5) is 5.95 Å². The molecule has 0 radical (unpaired) electrons. The lowest BCUT2D eigenvalue weighted by molar-refractivity contribution is 0.354. The maximum Gasteiger partial charge on any atom is 0.227 e. The van der Waals surface area contributed by atoms with E-state index in [1.54, 1.807) is 20.5 Å². The van der Waals surface area contributed by atoms with Gasteiger partial charge in [-0.2, -0.15) is 0 Å². The number of hydrogen-bond acceptors (Lipinski definition) is 6. The van der Waals surface area contributed by atoms with Crippen molar-refractivity contribution in [3.8, 4) is 22.8 Å². The van der Waals surface area contributed by atoms with Crippen molar-refractivity contribution in [1.82, 2.24) is 9.97 Å². The number of aromatic nitrogens is 2. The molecule has 2 heterocycles. The number of fused-ring (bicyclic) bond motifs is 1. The summed E-state index contributed by atoms with van der Waals surface area (Å²) in [6.07, 6.45) is 1.68. The SMILES string of the molecule is COc1ccc(CN(Cc2ccco2)c2nc(-c3ccccc3)c3cc(C)ccc3n2)cc1OC. The zero-order chi connectivity index (χ0) is 24.2. The molecule has 0 atom stereocenters. The molecule has 0 saturated carbocycles. The van der Waals surface area contributed by atoms with Gasteiger partial charge in [0.05, 0.1) is 38.2 Å². The molecule has 0 spiro atoms. The Hall–Kier alpha value is -4.32. The first-order valence-corrected chi connectivity index (χ1v) is 11.5. The van der Waals surface area contributed by atoms with Crippen LogP contribution in [0.25, 0.3) is 22.2 Å². The summed E-state index contributed by atoms with van der Waals surface area (Å²) in [6.45, 7) is 3.17. The molecule has 0 N–H and O–H groups in total. The molecule has 35 heavy (non-hydrogen) atoms. The lowest BCUT2D eigenvalue weighted by Crippen LogP contribution is -2.24. The van der Waals surface area contributed by atoms with Gasteiger partial charge in [0.15, 0.2) is 11.5 Å². The van der Waals surface area contributed by atoms with Gasteiger partial charge in [-0.05, 0) is 48.9 Å². The zero-order valence-corrected chi connectivity index (χ0v) is 20.1. The molecule has 0 saturated heterocycles. The number of methoxy groups -OCH3 is 2. The van der Waals surface area contributed by atoms with E-state index in [2.05, 4.69) is 42.2 Å². The van der Waals surface area contributed by atoms with E-state index in [-0.39, 0.29) is 0 Å². The summed E-state index contributed by atoms with van der Waals surface area (Å²) in [6, 6.07) is 26.3. The van der Waals surface area contributed by atoms with E-state index < -0.39 is 0 Å². The number of anilines is 1. The average molecular weight is 466 g/mol. The molecule has 0 aliphatic carbocycles. The largest absolute Gasteiger partial charge is 0.493 e. The van der Waals surface area contributed by atoms with Crippen molar-refractivity contribution >= 4 is 16.9 Å². The van der Waals surface area contributed by atoms with Crippen molar-refractivity contribution in [2.75, 3.05) is 19.1 Å². The van der Waals surface area contributed by atoms with Gasteiger partial charge in [-0.3, -0.25) is 0 Å². The first-order valence-electron chi connectivity index (χ1n) is 11.5. The molecular weight excluding hydrogens is 438 g/mol. The standard InChI is InChI=1S/C29H27N3O3/c1-20-11-13-25-24(16-20)28(22-8-5-4-6-9-22)31-29(30-25)32(19-23-10-7-15-35-23)18-21-12-14-26(33-2)27(17-21)34-3/h4-17H,18-19H2,1-3H3. The van der Waals surface area contributed by atoms with Crippen LogP contribution in [0.3, 0.4) is 0 Å². The highest BCUT2D eigenvalue weighted by Gasteiger charge is 2.18. The smallest absolute Gasteiger partial charge is 0.227 e. The summed E-state index contributed by atoms with van der Waals surface area (Å²) >= 11 is 0. The molecule has 2 aromatic heterocycles. The highest BCUT2D eigenvalue weighted by molar-refractivity contribution is 5.93. The van der Waals surface area contributed by atoms with Crippen LogP contribution in [0.2, 0.25) is 0 Å². The Labute approximate surface area is 204 Å². The van der Waals surface area contributed by atoms with Crippen molar-refractivity contribution in [2.24, 2.45) is 0 Å². The molecule has 0 amide bonds. The molecule has 0 bridgehead atoms. The van der Waals surface area contributed by atoms with Crippen LogP contribution in [0.15, 0.2) is 89.5 Å². The first kappa shape index (κ1) is 22.5. The van der Waals surface area contributed by atoms with Crippen LogP contribution in [0, 0.1) is 6.92 Å². The van der Waals surface area contributed by atoms with Gasteiger partial charge in [0, 0.05) is 17.5 Å². The molecule has 6 nitrogen and oxygen atoms in total. The van der Waals surface area contributed by atoms with E-state index in [1.165, 1.54) is 5.56 Å². The van der Waals surface area contributed by atoms with Crippen molar-refractivity contribution in [1.29, 1.82) is 0 Å². The summed E-state index contributed by atoms with van der Waals surface area (Å²) < 4.78 is 16.6. The molecule has 176 valence electrons. The minimum Gasteiger partial charge on any atom is -0.493 e. The second-order valence-electron chi connectivity index (χ2n) is 8.38. The highest BCUT2D eigenvalue weighted by Crippen LogP contribution is 2.32. The van der Waals surface area contributed by atoms with Gasteiger partial charge >= 0.3 is 0 Å². The fourth-order valence-electron chi connectivity index (χ4n) is 4.17. The van der Waals surface area contributed by atoms with Gasteiger partial charge < -0.3 is 18.8 Å². The first-order chi connectivity index (χ1) is 17.1. The van der Waals surface area contributed by atoms with E-state index in [0.29, 0.717) is 30.5 Å². The van der Waals surface area contributed by atoms with E-state index >= 15 is 0 Å². The molecule has 3 aromatic carbocycles. The summed E-state index contributed by atoms with van der Waals surface area (Å²) in [5.41, 5.74) is 5.07. The lowest BCUT2D eigenvalue weighted by Gasteiger charge is -2.23. The van der Waals surface area contributed by atoms with Gasteiger partial charge in [0.1, 0.15) is 5.76 Å². The Balaban J connectivity index is 1.62. The second kappa shape index (κ2) is 9.89. The number of ether oxygens (including phenoxy) is 2. The summed E-state index contributed by atoms with van der Waals surface area (Å²) in [5, 5.41) is 1.03. The summed E-state index contributed by atoms with van der Waals surface area (Å²) in [7, 11) is 3.28. The molecule has 0 aliphatic heterocycles. The van der Waals surface area contributed by atoms with Gasteiger partial charge in [0.2, 0.25) is 5.95 Å². The van der Waals surface area contributed by atoms with Crippen LogP contribution < -0.4 is 14.4 Å². The fourth-order valence-corrected chi connectivity index (χ4v) is 4.17. The van der Waals surface area contributed by atoms with Gasteiger partial charge in [-0.1, -0.05) is 48.0 Å². The minimum absolute atomic E-state index is 0.521. The number of benzene rings is 3. The third-order valence-electron chi connectivity index (χ3n) is 5.92. The van der Waals surface area contributed by atoms with Crippen LogP contribution in [-0.4, -0.2) is 24.2 Å². The summed E-state index contributed by atoms with van der Waals surface area (Å²) in [5.74, 6) is 2.84. The monoisotopic (exact) mass is 465 g/mol. The second-order valence-corrected chi connectivity index (χ2v) is 8.38. The molecule has 0 fully saturated rings. The molecule has 5 aromatic rings. The number of hydrogen-bond donors (Lipinski definition) is 0. The average Bonchev–Trinajstić information content (AvgIpc) is 3.41. The third kappa shape index (κ3) is 4.82. The highest BCUT2D eigenvalue weighted by atomic mass is 16.5. The Morgan fingerprint density at radius 3 is 2.37 bits per heavy atom. The number of nitrogens with zero attached hydrogens (tertiary/aromatic N) is 3. The van der Waals surface area contributed by atoms with E-state index in [1.807, 2.05) is 48.5 Å². The Morgan fingerprint density at radius 1 is 0.800 bits per heavy atom. The summed E-state index contributed by atoms with van der Waals surface area (Å²) in [4.78, 5) is 12.2. The van der Waals surface area contributed by atoms with Crippen molar-refractivity contribution < 1.29 is 13.9 Å². The predicted molar refractivity (Wildman–Crippen MR) is 138 cm³/mol. The lowest BCUT2D eigenvalue weighted by atomic mass is 10.0. The van der Waals surface area contributed by atoms with Crippen molar-refractivity contribution in [2.45, 2.75) is 20.0 Å². The Bertz CT molecular complexity index is 1430. The number of furan rings is 1. The van der Waals surface area contributed by atoms with E-state index in [0.717, 1.165) is 33.5 Å². The molecule has 6 heteroatoms. The minimum atomic E-state index is 0.521. The van der Waals surface area contributed by atoms with Gasteiger partial charge in [-0.15, -0.1) is 0 Å². The molecule has 5 rings (SSSR count). The van der Waals surface area contributed by atoms with E-state index in [9.17, 15) is 0 Å². The normalized spacial score (nSPS) is 10.9. The van der Waals surface area contributed by atoms with Crippen LogP contribution in [-0.2, 0) is 13.1 Å². The van der Waals surface area contributed by atoms with E-state index in [4.69, 9.17) is 23.9 Å². The fraction of sp³-hybridized carbons (Fsp3) is 0.172. The number of rotatable bonds is 8. The maximum atomic E-state index is 5.68. The Morgan fingerprint density at radius 2 is 1.63 bits per heavy atom. The van der Waals surface area contributed by atoms with Gasteiger partial charge in [-0.25, -0.2) is 9.97 Å². The van der Waals surface area contributed by atoms with Gasteiger partial charge in [0.25, 0.3) is 0 Å². The molecular formula is C29H27N3O3. The number of aryl methyl sites for hydroxylation is 1. The topological polar surface area (TPSA) is 60.6 Å².